The van der Waals surface area contributed by atoms with Crippen molar-refractivity contribution in [3.05, 3.63) is 29.8 Å². The monoisotopic (exact) mass is 239 g/mol. The smallest absolute Gasteiger partial charge is 0.234 e. The molecule has 0 fully saturated rings. The van der Waals surface area contributed by atoms with Crippen molar-refractivity contribution in [2.75, 3.05) is 17.3 Å². The quantitative estimate of drug-likeness (QED) is 0.317. The first-order valence-electron chi connectivity index (χ1n) is 4.54. The number of carbonyl (C=O) groups excluding carboxylic acids is 1. The van der Waals surface area contributed by atoms with Crippen molar-refractivity contribution in [3.8, 4) is 0 Å². The molecule has 1 amide bonds. The maximum atomic E-state index is 11.3. The molecule has 1 aromatic carbocycles. The molecule has 0 atom stereocenters. The molecule has 0 aliphatic rings. The zero-order valence-electron chi connectivity index (χ0n) is 8.80. The number of nitrogens with zero attached hydrogens (tertiary/aromatic N) is 1. The Balaban J connectivity index is 2.79. The third-order valence-corrected chi connectivity index (χ3v) is 2.38. The van der Waals surface area contributed by atoms with Gasteiger partial charge in [0.15, 0.2) is 5.84 Å². The molecule has 0 heterocycles. The summed E-state index contributed by atoms with van der Waals surface area (Å²) in [5.74, 6) is 0.332. The van der Waals surface area contributed by atoms with Crippen LogP contribution in [0.15, 0.2) is 29.4 Å². The number of amidine groups is 1. The van der Waals surface area contributed by atoms with Gasteiger partial charge in [0.2, 0.25) is 5.91 Å². The Kier molecular flexibility index (Phi) is 4.65. The molecule has 0 aromatic heterocycles. The lowest BCUT2D eigenvalue weighted by Gasteiger charge is -2.05. The molecular weight excluding hydrogens is 226 g/mol. The van der Waals surface area contributed by atoms with E-state index in [-0.39, 0.29) is 11.7 Å². The van der Waals surface area contributed by atoms with Gasteiger partial charge in [-0.2, -0.15) is 11.8 Å². The number of rotatable bonds is 4. The minimum atomic E-state index is -0.0795. The molecule has 0 aliphatic heterocycles. The Hall–Kier alpha value is -1.69. The fourth-order valence-corrected chi connectivity index (χ4v) is 1.48. The molecule has 6 heteroatoms. The highest BCUT2D eigenvalue weighted by molar-refractivity contribution is 7.99. The largest absolute Gasteiger partial charge is 0.409 e. The number of thioether (sulfide) groups is 1. The number of carbonyl (C=O) groups is 1. The van der Waals surface area contributed by atoms with Crippen molar-refractivity contribution < 1.29 is 10.0 Å². The van der Waals surface area contributed by atoms with Crippen molar-refractivity contribution in [2.45, 2.75) is 0 Å². The highest BCUT2D eigenvalue weighted by atomic mass is 32.2. The highest BCUT2D eigenvalue weighted by Gasteiger charge is 2.03. The van der Waals surface area contributed by atoms with Crippen LogP contribution in [0.5, 0.6) is 0 Å². The predicted molar refractivity (Wildman–Crippen MR) is 66.0 cm³/mol. The second-order valence-corrected chi connectivity index (χ2v) is 3.91. The van der Waals surface area contributed by atoms with E-state index in [4.69, 9.17) is 10.9 Å². The van der Waals surface area contributed by atoms with Crippen molar-refractivity contribution in [3.63, 3.8) is 0 Å². The fraction of sp³-hybridized carbons (Fsp3) is 0.200. The molecule has 0 saturated heterocycles. The summed E-state index contributed by atoms with van der Waals surface area (Å²) in [5.41, 5.74) is 6.62. The van der Waals surface area contributed by atoms with Crippen LogP contribution in [-0.4, -0.2) is 29.0 Å². The Morgan fingerprint density at radius 2 is 2.38 bits per heavy atom. The fourth-order valence-electron chi connectivity index (χ4n) is 1.14. The van der Waals surface area contributed by atoms with E-state index in [1.54, 1.807) is 24.3 Å². The van der Waals surface area contributed by atoms with Gasteiger partial charge in [-0.05, 0) is 18.4 Å². The molecule has 0 aliphatic carbocycles. The number of amides is 1. The Labute approximate surface area is 97.7 Å². The van der Waals surface area contributed by atoms with Crippen molar-refractivity contribution in [1.29, 1.82) is 0 Å². The molecule has 86 valence electrons. The van der Waals surface area contributed by atoms with Gasteiger partial charge in [0.1, 0.15) is 0 Å². The summed E-state index contributed by atoms with van der Waals surface area (Å²) in [6, 6.07) is 6.81. The van der Waals surface area contributed by atoms with Gasteiger partial charge < -0.3 is 16.3 Å². The molecule has 0 saturated carbocycles. The van der Waals surface area contributed by atoms with E-state index in [0.717, 1.165) is 0 Å². The van der Waals surface area contributed by atoms with Crippen LogP contribution in [0.1, 0.15) is 5.56 Å². The number of anilines is 1. The molecule has 16 heavy (non-hydrogen) atoms. The summed E-state index contributed by atoms with van der Waals surface area (Å²) in [6.45, 7) is 0. The third-order valence-electron chi connectivity index (χ3n) is 1.83. The summed E-state index contributed by atoms with van der Waals surface area (Å²) < 4.78 is 0. The number of oxime groups is 1. The molecule has 5 nitrogen and oxygen atoms in total. The predicted octanol–water partition coefficient (Wildman–Crippen LogP) is 1.08. The second-order valence-electron chi connectivity index (χ2n) is 3.05. The van der Waals surface area contributed by atoms with E-state index < -0.39 is 0 Å². The summed E-state index contributed by atoms with van der Waals surface area (Å²) in [5, 5.41) is 14.1. The molecule has 0 unspecified atom stereocenters. The van der Waals surface area contributed by atoms with Crippen LogP contribution in [0.25, 0.3) is 0 Å². The molecule has 1 rings (SSSR count). The third kappa shape index (κ3) is 3.47. The lowest BCUT2D eigenvalue weighted by molar-refractivity contribution is -0.113. The molecule has 4 N–H and O–H groups in total. The normalized spacial score (nSPS) is 11.2. The van der Waals surface area contributed by atoms with Gasteiger partial charge in [-0.1, -0.05) is 17.3 Å². The lowest BCUT2D eigenvalue weighted by atomic mass is 10.2. The number of nitrogens with one attached hydrogen (secondary N) is 1. The van der Waals surface area contributed by atoms with Crippen LogP contribution in [0.4, 0.5) is 5.69 Å². The zero-order chi connectivity index (χ0) is 12.0. The molecule has 0 bridgehead atoms. The number of nitrogens with two attached hydrogens (primary N) is 1. The van der Waals surface area contributed by atoms with Crippen LogP contribution < -0.4 is 11.1 Å². The maximum Gasteiger partial charge on any atom is 0.234 e. The van der Waals surface area contributed by atoms with E-state index in [0.29, 0.717) is 17.0 Å². The average Bonchev–Trinajstić information content (AvgIpc) is 2.28. The van der Waals surface area contributed by atoms with E-state index in [2.05, 4.69) is 10.5 Å². The molecule has 0 radical (unpaired) electrons. The first-order chi connectivity index (χ1) is 7.67. The van der Waals surface area contributed by atoms with Crippen molar-refractivity contribution in [2.24, 2.45) is 10.9 Å². The number of benzene rings is 1. The first-order valence-corrected chi connectivity index (χ1v) is 5.93. The van der Waals surface area contributed by atoms with Crippen molar-refractivity contribution >= 4 is 29.2 Å². The van der Waals surface area contributed by atoms with Gasteiger partial charge >= 0.3 is 0 Å². The van der Waals surface area contributed by atoms with Crippen LogP contribution in [0.2, 0.25) is 0 Å². The Morgan fingerprint density at radius 3 is 3.00 bits per heavy atom. The minimum absolute atomic E-state index is 0.0148. The van der Waals surface area contributed by atoms with Crippen molar-refractivity contribution in [1.82, 2.24) is 0 Å². The molecule has 1 aromatic rings. The average molecular weight is 239 g/mol. The minimum Gasteiger partial charge on any atom is -0.409 e. The number of hydrogen-bond acceptors (Lipinski definition) is 4. The standard InChI is InChI=1S/C10H13N3O2S/c1-16-6-9(14)12-8-4-2-3-7(5-8)10(11)13-15/h2-5,15H,6H2,1H3,(H2,11,13)(H,12,14). The van der Waals surface area contributed by atoms with Gasteiger partial charge in [-0.3, -0.25) is 4.79 Å². The van der Waals surface area contributed by atoms with E-state index in [1.165, 1.54) is 11.8 Å². The summed E-state index contributed by atoms with van der Waals surface area (Å²) in [7, 11) is 0. The van der Waals surface area contributed by atoms with Crippen LogP contribution in [0.3, 0.4) is 0 Å². The maximum absolute atomic E-state index is 11.3. The topological polar surface area (TPSA) is 87.7 Å². The van der Waals surface area contributed by atoms with Gasteiger partial charge in [-0.25, -0.2) is 0 Å². The molecule has 0 spiro atoms. The van der Waals surface area contributed by atoms with Crippen LogP contribution in [0, 0.1) is 0 Å². The summed E-state index contributed by atoms with van der Waals surface area (Å²) in [4.78, 5) is 11.3. The SMILES string of the molecule is CSCC(=O)Nc1cccc(C(N)=NO)c1. The van der Waals surface area contributed by atoms with Gasteiger partial charge in [-0.15, -0.1) is 0 Å². The lowest BCUT2D eigenvalue weighted by Crippen LogP contribution is -2.16. The van der Waals surface area contributed by atoms with Gasteiger partial charge in [0.25, 0.3) is 0 Å². The Morgan fingerprint density at radius 1 is 1.62 bits per heavy atom. The van der Waals surface area contributed by atoms with Gasteiger partial charge in [0.05, 0.1) is 5.75 Å². The van der Waals surface area contributed by atoms with Crippen LogP contribution in [-0.2, 0) is 4.79 Å². The number of hydrogen-bond donors (Lipinski definition) is 3. The van der Waals surface area contributed by atoms with E-state index in [1.807, 2.05) is 6.26 Å². The van der Waals surface area contributed by atoms with E-state index >= 15 is 0 Å². The molecular formula is C10H13N3O2S. The highest BCUT2D eigenvalue weighted by Crippen LogP contribution is 2.10. The summed E-state index contributed by atoms with van der Waals surface area (Å²) in [6.07, 6.45) is 1.85. The Bertz CT molecular complexity index is 407. The zero-order valence-corrected chi connectivity index (χ0v) is 9.62. The van der Waals surface area contributed by atoms with Crippen LogP contribution >= 0.6 is 11.8 Å². The summed E-state index contributed by atoms with van der Waals surface area (Å²) >= 11 is 1.44. The van der Waals surface area contributed by atoms with Gasteiger partial charge in [0, 0.05) is 11.3 Å². The second kappa shape index (κ2) is 6.02. The first kappa shape index (κ1) is 12.4. The van der Waals surface area contributed by atoms with E-state index in [9.17, 15) is 4.79 Å².